The minimum Gasteiger partial charge on any atom is -0.497 e. The van der Waals surface area contributed by atoms with E-state index in [-0.39, 0.29) is 11.9 Å². The highest BCUT2D eigenvalue weighted by Crippen LogP contribution is 2.36. The summed E-state index contributed by atoms with van der Waals surface area (Å²) in [4.78, 5) is 15.1. The van der Waals surface area contributed by atoms with E-state index in [1.165, 1.54) is 0 Å². The second-order valence-corrected chi connectivity index (χ2v) is 7.38. The molecule has 1 aliphatic heterocycles. The van der Waals surface area contributed by atoms with Gasteiger partial charge >= 0.3 is 0 Å². The van der Waals surface area contributed by atoms with Gasteiger partial charge in [0.25, 0.3) is 5.91 Å². The average molecular weight is 396 g/mol. The Kier molecular flexibility index (Phi) is 5.35. The number of nitrogens with one attached hydrogen (secondary N) is 1. The fraction of sp³-hybridized carbons (Fsp3) is 0.273. The highest BCUT2D eigenvalue weighted by molar-refractivity contribution is 6.30. The second kappa shape index (κ2) is 8.07. The number of aromatic amines is 1. The zero-order valence-electron chi connectivity index (χ0n) is 15.7. The molecule has 1 aliphatic rings. The van der Waals surface area contributed by atoms with Gasteiger partial charge in [-0.1, -0.05) is 23.7 Å². The van der Waals surface area contributed by atoms with Crippen LogP contribution in [0.2, 0.25) is 5.02 Å². The Labute approximate surface area is 169 Å². The van der Waals surface area contributed by atoms with Gasteiger partial charge in [-0.05, 0) is 61.2 Å². The van der Waals surface area contributed by atoms with Crippen LogP contribution < -0.4 is 4.74 Å². The lowest BCUT2D eigenvalue weighted by atomic mass is 9.94. The number of ether oxygens (including phenoxy) is 1. The summed E-state index contributed by atoms with van der Waals surface area (Å²) in [6, 6.07) is 15.0. The van der Waals surface area contributed by atoms with E-state index in [1.54, 1.807) is 31.4 Å². The van der Waals surface area contributed by atoms with Gasteiger partial charge in [0.1, 0.15) is 5.75 Å². The van der Waals surface area contributed by atoms with E-state index in [0.29, 0.717) is 10.6 Å². The Morgan fingerprint density at radius 1 is 1.14 bits per heavy atom. The number of likely N-dealkylation sites (tertiary alicyclic amines) is 1. The lowest BCUT2D eigenvalue weighted by Gasteiger charge is -2.35. The van der Waals surface area contributed by atoms with Gasteiger partial charge < -0.3 is 9.64 Å². The minimum atomic E-state index is -0.0310. The van der Waals surface area contributed by atoms with Crippen molar-refractivity contribution in [2.75, 3.05) is 13.7 Å². The summed E-state index contributed by atoms with van der Waals surface area (Å²) in [6.45, 7) is 0.729. The van der Waals surface area contributed by atoms with E-state index in [1.807, 2.05) is 35.4 Å². The second-order valence-electron chi connectivity index (χ2n) is 6.94. The number of carbonyl (C=O) groups is 1. The molecule has 1 saturated heterocycles. The zero-order chi connectivity index (χ0) is 19.5. The molecule has 1 fully saturated rings. The molecule has 1 atom stereocenters. The molecule has 1 amide bonds. The van der Waals surface area contributed by atoms with Crippen LogP contribution in [0.5, 0.6) is 5.75 Å². The molecule has 0 bridgehead atoms. The number of hydrogen-bond acceptors (Lipinski definition) is 3. The molecule has 1 aromatic heterocycles. The summed E-state index contributed by atoms with van der Waals surface area (Å²) in [5.41, 5.74) is 3.70. The Bertz CT molecular complexity index is 951. The summed E-state index contributed by atoms with van der Waals surface area (Å²) in [5.74, 6) is 0.836. The number of rotatable bonds is 4. The van der Waals surface area contributed by atoms with Crippen molar-refractivity contribution in [1.82, 2.24) is 15.1 Å². The van der Waals surface area contributed by atoms with Crippen LogP contribution in [0, 0.1) is 0 Å². The normalized spacial score (nSPS) is 16.8. The minimum absolute atomic E-state index is 0.0247. The molecule has 5 nitrogen and oxygen atoms in total. The van der Waals surface area contributed by atoms with E-state index in [9.17, 15) is 4.79 Å². The predicted molar refractivity (Wildman–Crippen MR) is 110 cm³/mol. The van der Waals surface area contributed by atoms with Crippen LogP contribution in [0.1, 0.15) is 41.4 Å². The lowest BCUT2D eigenvalue weighted by molar-refractivity contribution is 0.0607. The average Bonchev–Trinajstić information content (AvgIpc) is 3.23. The van der Waals surface area contributed by atoms with Gasteiger partial charge in [-0.25, -0.2) is 0 Å². The molecule has 3 aromatic rings. The monoisotopic (exact) mass is 395 g/mol. The first-order chi connectivity index (χ1) is 13.7. The van der Waals surface area contributed by atoms with Crippen molar-refractivity contribution in [2.45, 2.75) is 25.3 Å². The van der Waals surface area contributed by atoms with Gasteiger partial charge in [-0.2, -0.15) is 5.10 Å². The van der Waals surface area contributed by atoms with Crippen LogP contribution in [0.3, 0.4) is 0 Å². The number of benzene rings is 2. The number of hydrogen-bond donors (Lipinski definition) is 1. The third kappa shape index (κ3) is 3.62. The largest absolute Gasteiger partial charge is 0.497 e. The first kappa shape index (κ1) is 18.6. The van der Waals surface area contributed by atoms with Crippen LogP contribution >= 0.6 is 11.6 Å². The first-order valence-electron chi connectivity index (χ1n) is 9.41. The molecule has 0 aliphatic carbocycles. The molecular formula is C22H22ClN3O2. The quantitative estimate of drug-likeness (QED) is 0.668. The van der Waals surface area contributed by atoms with Crippen LogP contribution in [-0.4, -0.2) is 34.7 Å². The molecule has 6 heteroatoms. The van der Waals surface area contributed by atoms with Crippen LogP contribution in [0.4, 0.5) is 0 Å². The molecule has 2 heterocycles. The molecule has 1 N–H and O–H groups in total. The number of H-pyrrole nitrogens is 1. The molecule has 0 unspecified atom stereocenters. The van der Waals surface area contributed by atoms with Gasteiger partial charge in [0.2, 0.25) is 0 Å². The highest BCUT2D eigenvalue weighted by Gasteiger charge is 2.31. The third-order valence-electron chi connectivity index (χ3n) is 5.26. The Morgan fingerprint density at radius 3 is 2.61 bits per heavy atom. The summed E-state index contributed by atoms with van der Waals surface area (Å²) < 4.78 is 5.25. The van der Waals surface area contributed by atoms with Gasteiger partial charge in [0.15, 0.2) is 0 Å². The molecule has 0 spiro atoms. The SMILES string of the molecule is COc1ccc(-c2cn[nH]c2[C@@H]2CCCCN2C(=O)c2ccc(Cl)cc2)cc1. The number of carbonyl (C=O) groups excluding carboxylic acids is 1. The van der Waals surface area contributed by atoms with E-state index < -0.39 is 0 Å². The fourth-order valence-corrected chi connectivity index (χ4v) is 3.91. The Hall–Kier alpha value is -2.79. The maximum Gasteiger partial charge on any atom is 0.254 e. The zero-order valence-corrected chi connectivity index (χ0v) is 16.4. The fourth-order valence-electron chi connectivity index (χ4n) is 3.78. The third-order valence-corrected chi connectivity index (χ3v) is 5.51. The summed E-state index contributed by atoms with van der Waals surface area (Å²) in [6.07, 6.45) is 4.82. The van der Waals surface area contributed by atoms with Crippen molar-refractivity contribution in [2.24, 2.45) is 0 Å². The van der Waals surface area contributed by atoms with Crippen LogP contribution in [0.15, 0.2) is 54.7 Å². The van der Waals surface area contributed by atoms with Crippen molar-refractivity contribution in [3.8, 4) is 16.9 Å². The summed E-state index contributed by atoms with van der Waals surface area (Å²) in [7, 11) is 1.65. The first-order valence-corrected chi connectivity index (χ1v) is 9.79. The van der Waals surface area contributed by atoms with E-state index in [4.69, 9.17) is 16.3 Å². The van der Waals surface area contributed by atoms with Crippen molar-refractivity contribution in [1.29, 1.82) is 0 Å². The summed E-state index contributed by atoms with van der Waals surface area (Å²) >= 11 is 5.98. The van der Waals surface area contributed by atoms with Crippen LogP contribution in [-0.2, 0) is 0 Å². The smallest absolute Gasteiger partial charge is 0.254 e. The molecule has 4 rings (SSSR count). The van der Waals surface area contributed by atoms with E-state index in [0.717, 1.165) is 48.4 Å². The number of halogens is 1. The van der Waals surface area contributed by atoms with E-state index >= 15 is 0 Å². The molecule has 28 heavy (non-hydrogen) atoms. The molecular weight excluding hydrogens is 374 g/mol. The Morgan fingerprint density at radius 2 is 1.89 bits per heavy atom. The van der Waals surface area contributed by atoms with Crippen molar-refractivity contribution in [3.63, 3.8) is 0 Å². The molecule has 2 aromatic carbocycles. The van der Waals surface area contributed by atoms with Crippen molar-refractivity contribution in [3.05, 3.63) is 71.0 Å². The molecule has 0 radical (unpaired) electrons. The van der Waals surface area contributed by atoms with Gasteiger partial charge in [-0.15, -0.1) is 0 Å². The molecule has 0 saturated carbocycles. The maximum absolute atomic E-state index is 13.2. The topological polar surface area (TPSA) is 58.2 Å². The number of amides is 1. The van der Waals surface area contributed by atoms with Gasteiger partial charge in [0.05, 0.1) is 25.0 Å². The number of aromatic nitrogens is 2. The number of methoxy groups -OCH3 is 1. The Balaban J connectivity index is 1.66. The highest BCUT2D eigenvalue weighted by atomic mass is 35.5. The van der Waals surface area contributed by atoms with Crippen molar-refractivity contribution < 1.29 is 9.53 Å². The van der Waals surface area contributed by atoms with Crippen molar-refractivity contribution >= 4 is 17.5 Å². The molecule has 144 valence electrons. The van der Waals surface area contributed by atoms with Gasteiger partial charge in [-0.3, -0.25) is 9.89 Å². The standard InChI is InChI=1S/C22H22ClN3O2/c1-28-18-11-7-15(8-12-18)19-14-24-25-21(19)20-4-2-3-13-26(20)22(27)16-5-9-17(23)10-6-16/h5-12,14,20H,2-4,13H2,1H3,(H,24,25)/t20-/m0/s1. The number of nitrogens with zero attached hydrogens (tertiary/aromatic N) is 2. The lowest BCUT2D eigenvalue weighted by Crippen LogP contribution is -2.38. The van der Waals surface area contributed by atoms with E-state index in [2.05, 4.69) is 10.2 Å². The number of piperidine rings is 1. The predicted octanol–water partition coefficient (Wildman–Crippen LogP) is 5.11. The van der Waals surface area contributed by atoms with Gasteiger partial charge in [0, 0.05) is 22.7 Å². The summed E-state index contributed by atoms with van der Waals surface area (Å²) in [5, 5.41) is 8.06. The van der Waals surface area contributed by atoms with Crippen LogP contribution in [0.25, 0.3) is 11.1 Å². The maximum atomic E-state index is 13.2.